The topological polar surface area (TPSA) is 45.4 Å². The normalized spacial score (nSPS) is 21.7. The van der Waals surface area contributed by atoms with Crippen LogP contribution in [0.5, 0.6) is 0 Å². The first-order valence-corrected chi connectivity index (χ1v) is 11.4. The molecule has 2 fully saturated rings. The molecule has 1 N–H and O–H groups in total. The molecule has 2 aliphatic carbocycles. The molecule has 2 aromatic rings. The summed E-state index contributed by atoms with van der Waals surface area (Å²) in [6, 6.07) is 9.36. The lowest BCUT2D eigenvalue weighted by atomic mass is 9.79. The first-order valence-electron chi connectivity index (χ1n) is 11.4. The summed E-state index contributed by atoms with van der Waals surface area (Å²) < 4.78 is 2.12. The van der Waals surface area contributed by atoms with E-state index in [4.69, 9.17) is 0 Å². The van der Waals surface area contributed by atoms with Crippen LogP contribution < -0.4 is 5.32 Å². The fourth-order valence-corrected chi connectivity index (χ4v) is 4.19. The number of benzene rings is 1. The van der Waals surface area contributed by atoms with Crippen LogP contribution in [0.3, 0.4) is 0 Å². The van der Waals surface area contributed by atoms with Crippen molar-refractivity contribution in [2.45, 2.75) is 51.5 Å². The van der Waals surface area contributed by atoms with E-state index in [1.807, 2.05) is 24.5 Å². The van der Waals surface area contributed by atoms with Crippen molar-refractivity contribution in [1.82, 2.24) is 14.8 Å². The second-order valence-corrected chi connectivity index (χ2v) is 8.91. The third kappa shape index (κ3) is 5.32. The molecule has 1 aromatic heterocycles. The van der Waals surface area contributed by atoms with E-state index in [-0.39, 0.29) is 0 Å². The van der Waals surface area contributed by atoms with Crippen LogP contribution in [-0.2, 0) is 0 Å². The van der Waals surface area contributed by atoms with Gasteiger partial charge in [0.1, 0.15) is 0 Å². The second-order valence-electron chi connectivity index (χ2n) is 8.91. The molecule has 0 unspecified atom stereocenters. The third-order valence-electron chi connectivity index (χ3n) is 6.56. The number of anilines is 1. The Bertz CT molecular complexity index is 871. The smallest absolute Gasteiger partial charge is 0.0568 e. The van der Waals surface area contributed by atoms with Gasteiger partial charge in [-0.05, 0) is 80.6 Å². The van der Waals surface area contributed by atoms with Gasteiger partial charge in [-0.3, -0.25) is 4.68 Å². The number of rotatable bonds is 9. The van der Waals surface area contributed by atoms with Crippen LogP contribution in [0, 0.1) is 11.8 Å². The molecule has 5 nitrogen and oxygen atoms in total. The van der Waals surface area contributed by atoms with Gasteiger partial charge in [0.15, 0.2) is 0 Å². The lowest BCUT2D eigenvalue weighted by molar-refractivity contribution is 0.317. The van der Waals surface area contributed by atoms with Crippen molar-refractivity contribution in [1.29, 1.82) is 0 Å². The summed E-state index contributed by atoms with van der Waals surface area (Å²) in [7, 11) is 2.00. The molecule has 1 heterocycles. The van der Waals surface area contributed by atoms with E-state index in [9.17, 15) is 0 Å². The van der Waals surface area contributed by atoms with Crippen LogP contribution in [0.25, 0.3) is 11.1 Å². The molecule has 5 heteroatoms. The van der Waals surface area contributed by atoms with Gasteiger partial charge < -0.3 is 10.3 Å². The van der Waals surface area contributed by atoms with E-state index in [1.54, 1.807) is 0 Å². The molecule has 0 saturated heterocycles. The zero-order valence-electron chi connectivity index (χ0n) is 18.4. The quantitative estimate of drug-likeness (QED) is 0.436. The molecule has 0 radical (unpaired) electrons. The number of hydrogen-bond donors (Lipinski definition) is 1. The van der Waals surface area contributed by atoms with Crippen LogP contribution >= 0.6 is 0 Å². The zero-order chi connectivity index (χ0) is 20.9. The van der Waals surface area contributed by atoms with Crippen LogP contribution in [0.15, 0.2) is 53.9 Å². The van der Waals surface area contributed by atoms with E-state index in [0.29, 0.717) is 12.0 Å². The molecule has 0 atom stereocenters. The predicted octanol–water partition coefficient (Wildman–Crippen LogP) is 5.60. The van der Waals surface area contributed by atoms with Crippen molar-refractivity contribution in [3.63, 3.8) is 0 Å². The fraction of sp³-hybridized carbons (Fsp3) is 0.520. The van der Waals surface area contributed by atoms with Crippen molar-refractivity contribution in [3.05, 3.63) is 48.8 Å². The Kier molecular flexibility index (Phi) is 6.56. The van der Waals surface area contributed by atoms with Gasteiger partial charge in [0, 0.05) is 43.8 Å². The maximum absolute atomic E-state index is 4.53. The minimum Gasteiger partial charge on any atom is -0.385 e. The number of nitrogens with one attached hydrogen (secondary N) is 1. The number of allylic oxidation sites excluding steroid dienone is 1. The summed E-state index contributed by atoms with van der Waals surface area (Å²) in [5, 5.41) is 14.6. The van der Waals surface area contributed by atoms with Crippen molar-refractivity contribution in [2.75, 3.05) is 25.5 Å². The average molecular weight is 406 g/mol. The second kappa shape index (κ2) is 9.50. The van der Waals surface area contributed by atoms with Crippen LogP contribution in [0.2, 0.25) is 0 Å². The molecule has 160 valence electrons. The molecule has 0 bridgehead atoms. The monoisotopic (exact) mass is 405 g/mol. The molecule has 0 amide bonds. The van der Waals surface area contributed by atoms with E-state index >= 15 is 0 Å². The van der Waals surface area contributed by atoms with E-state index < -0.39 is 0 Å². The van der Waals surface area contributed by atoms with Crippen LogP contribution in [0.1, 0.15) is 51.5 Å². The summed E-state index contributed by atoms with van der Waals surface area (Å²) in [6.45, 7) is 8.33. The van der Waals surface area contributed by atoms with Gasteiger partial charge in [-0.2, -0.15) is 10.2 Å². The van der Waals surface area contributed by atoms with Crippen molar-refractivity contribution < 1.29 is 0 Å². The summed E-state index contributed by atoms with van der Waals surface area (Å²) in [6.07, 6.45) is 13.6. The first-order chi connectivity index (χ1) is 14.6. The summed E-state index contributed by atoms with van der Waals surface area (Å²) in [5.74, 6) is 1.31. The van der Waals surface area contributed by atoms with E-state index in [0.717, 1.165) is 19.0 Å². The Balaban J connectivity index is 1.25. The first kappa shape index (κ1) is 20.7. The third-order valence-corrected chi connectivity index (χ3v) is 6.56. The molecule has 1 aromatic carbocycles. The Hall–Kier alpha value is -2.56. The largest absolute Gasteiger partial charge is 0.385 e. The maximum atomic E-state index is 4.53. The highest BCUT2D eigenvalue weighted by atomic mass is 15.4. The standard InChI is InChI=1S/C25H35N5/c1-4-29(3)27-15-19(2)21-10-8-20(9-11-21)16-26-24-7-5-6-22(14-24)23-17-28-30(18-23)25-12-13-25/h5-7,14-15,17-18,20-21,25-26H,2,4,8-13,16H2,1,3H3/b27-15-/t20-,21-. The van der Waals surface area contributed by atoms with Crippen molar-refractivity contribution >= 4 is 11.9 Å². The Morgan fingerprint density at radius 3 is 2.77 bits per heavy atom. The highest BCUT2D eigenvalue weighted by Crippen LogP contribution is 2.35. The van der Waals surface area contributed by atoms with Gasteiger partial charge in [0.05, 0.1) is 12.2 Å². The number of aromatic nitrogens is 2. The zero-order valence-corrected chi connectivity index (χ0v) is 18.4. The number of hydrogen-bond acceptors (Lipinski definition) is 4. The summed E-state index contributed by atoms with van der Waals surface area (Å²) in [4.78, 5) is 0. The molecule has 2 aliphatic rings. The fourth-order valence-electron chi connectivity index (χ4n) is 4.19. The SMILES string of the molecule is C=C(/C=N\N(C)CC)[C@H]1CC[C@H](CNc2cccc(-c3cnn(C4CC4)c3)c2)CC1. The average Bonchev–Trinajstić information content (AvgIpc) is 3.52. The highest BCUT2D eigenvalue weighted by Gasteiger charge is 2.24. The van der Waals surface area contributed by atoms with Gasteiger partial charge in [0.25, 0.3) is 0 Å². The highest BCUT2D eigenvalue weighted by molar-refractivity contribution is 5.78. The van der Waals surface area contributed by atoms with Crippen LogP contribution in [0.4, 0.5) is 5.69 Å². The maximum Gasteiger partial charge on any atom is 0.0568 e. The van der Waals surface area contributed by atoms with E-state index in [1.165, 1.54) is 60.9 Å². The minimum absolute atomic E-state index is 0.585. The Morgan fingerprint density at radius 1 is 1.23 bits per heavy atom. The van der Waals surface area contributed by atoms with Crippen molar-refractivity contribution in [2.24, 2.45) is 16.9 Å². The molecule has 30 heavy (non-hydrogen) atoms. The van der Waals surface area contributed by atoms with Gasteiger partial charge in [-0.15, -0.1) is 0 Å². The van der Waals surface area contributed by atoms with Gasteiger partial charge in [-0.25, -0.2) is 0 Å². The minimum atomic E-state index is 0.585. The van der Waals surface area contributed by atoms with Crippen molar-refractivity contribution in [3.8, 4) is 11.1 Å². The molecule has 0 spiro atoms. The van der Waals surface area contributed by atoms with Crippen LogP contribution in [-0.4, -0.2) is 41.1 Å². The molecule has 4 rings (SSSR count). The Morgan fingerprint density at radius 2 is 2.03 bits per heavy atom. The van der Waals surface area contributed by atoms with Gasteiger partial charge in [0.2, 0.25) is 0 Å². The van der Waals surface area contributed by atoms with Gasteiger partial charge >= 0.3 is 0 Å². The van der Waals surface area contributed by atoms with E-state index in [2.05, 4.69) is 64.2 Å². The summed E-state index contributed by atoms with van der Waals surface area (Å²) >= 11 is 0. The number of hydrazone groups is 1. The molecule has 0 aliphatic heterocycles. The molecule has 2 saturated carbocycles. The molecular formula is C25H35N5. The predicted molar refractivity (Wildman–Crippen MR) is 126 cm³/mol. The molecular weight excluding hydrogens is 370 g/mol. The van der Waals surface area contributed by atoms with Gasteiger partial charge in [-0.1, -0.05) is 18.7 Å². The lowest BCUT2D eigenvalue weighted by Crippen LogP contribution is -2.22. The Labute approximate surface area is 180 Å². The number of nitrogens with zero attached hydrogens (tertiary/aromatic N) is 4. The lowest BCUT2D eigenvalue weighted by Gasteiger charge is -2.29. The summed E-state index contributed by atoms with van der Waals surface area (Å²) in [5.41, 5.74) is 4.83.